The van der Waals surface area contributed by atoms with Crippen LogP contribution in [-0.2, 0) is 27.1 Å². The van der Waals surface area contributed by atoms with Gasteiger partial charge in [0.15, 0.2) is 6.10 Å². The first-order valence-electron chi connectivity index (χ1n) is 11.0. The molecule has 3 rings (SSSR count). The third-order valence-electron chi connectivity index (χ3n) is 5.82. The van der Waals surface area contributed by atoms with E-state index in [0.717, 1.165) is 29.7 Å². The molecule has 0 radical (unpaired) electrons. The van der Waals surface area contributed by atoms with E-state index in [0.29, 0.717) is 16.5 Å². The Labute approximate surface area is 202 Å². The van der Waals surface area contributed by atoms with Gasteiger partial charge in [-0.2, -0.15) is 0 Å². The van der Waals surface area contributed by atoms with Crippen molar-refractivity contribution in [1.29, 1.82) is 0 Å². The van der Waals surface area contributed by atoms with Crippen LogP contribution in [0.4, 0.5) is 5.00 Å². The third kappa shape index (κ3) is 5.92. The number of rotatable bonds is 6. The average Bonchev–Trinajstić information content (AvgIpc) is 3.10. The van der Waals surface area contributed by atoms with Crippen LogP contribution in [0.3, 0.4) is 0 Å². The zero-order valence-electron chi connectivity index (χ0n) is 19.5. The number of esters is 2. The molecule has 33 heavy (non-hydrogen) atoms. The molecule has 0 spiro atoms. The van der Waals surface area contributed by atoms with Crippen molar-refractivity contribution in [3.05, 3.63) is 45.1 Å². The monoisotopic (exact) mass is 492 g/mol. The fourth-order valence-electron chi connectivity index (χ4n) is 3.86. The van der Waals surface area contributed by atoms with Gasteiger partial charge in [-0.05, 0) is 62.1 Å². The van der Waals surface area contributed by atoms with Crippen molar-refractivity contribution < 1.29 is 23.9 Å². The fraction of sp³-hybridized carbons (Fsp3) is 0.500. The molecule has 0 saturated carbocycles. The van der Waals surface area contributed by atoms with E-state index in [1.807, 2.05) is 0 Å². The van der Waals surface area contributed by atoms with Gasteiger partial charge in [0.2, 0.25) is 0 Å². The lowest BCUT2D eigenvalue weighted by molar-refractivity contribution is -0.123. The van der Waals surface area contributed by atoms with Crippen LogP contribution in [0.1, 0.15) is 72.2 Å². The number of carbonyl (C=O) groups is 3. The maximum absolute atomic E-state index is 12.8. The minimum Gasteiger partial charge on any atom is -0.462 e. The predicted molar refractivity (Wildman–Crippen MR) is 128 cm³/mol. The highest BCUT2D eigenvalue weighted by molar-refractivity contribution is 7.17. The van der Waals surface area contributed by atoms with E-state index >= 15 is 0 Å². The van der Waals surface area contributed by atoms with E-state index in [-0.39, 0.29) is 22.7 Å². The largest absolute Gasteiger partial charge is 0.462 e. The molecule has 178 valence electrons. The average molecular weight is 493 g/mol. The van der Waals surface area contributed by atoms with Crippen LogP contribution in [0.25, 0.3) is 0 Å². The third-order valence-corrected chi connectivity index (χ3v) is 7.20. The molecule has 1 amide bonds. The summed E-state index contributed by atoms with van der Waals surface area (Å²) in [6, 6.07) is 2.82. The number of carbonyl (C=O) groups excluding carboxylic acids is 3. The summed E-state index contributed by atoms with van der Waals surface area (Å²) in [6.07, 6.45) is 2.87. The number of nitrogens with zero attached hydrogens (tertiary/aromatic N) is 1. The molecule has 2 heterocycles. The summed E-state index contributed by atoms with van der Waals surface area (Å²) >= 11 is 7.22. The van der Waals surface area contributed by atoms with Gasteiger partial charge in [0.05, 0.1) is 17.7 Å². The first-order chi connectivity index (χ1) is 15.5. The summed E-state index contributed by atoms with van der Waals surface area (Å²) in [5.41, 5.74) is 1.71. The zero-order valence-corrected chi connectivity index (χ0v) is 21.1. The lowest BCUT2D eigenvalue weighted by Gasteiger charge is -2.33. The first-order valence-corrected chi connectivity index (χ1v) is 12.2. The number of pyridine rings is 1. The second-order valence-electron chi connectivity index (χ2n) is 9.14. The number of aromatic nitrogens is 1. The number of thiophene rings is 1. The van der Waals surface area contributed by atoms with E-state index in [9.17, 15) is 14.4 Å². The Hall–Kier alpha value is -2.45. The van der Waals surface area contributed by atoms with Crippen LogP contribution in [0.2, 0.25) is 5.15 Å². The number of anilines is 1. The summed E-state index contributed by atoms with van der Waals surface area (Å²) in [5, 5.41) is 3.38. The molecule has 0 bridgehead atoms. The number of ether oxygens (including phenoxy) is 2. The summed E-state index contributed by atoms with van der Waals surface area (Å²) < 4.78 is 10.6. The highest BCUT2D eigenvalue weighted by Crippen LogP contribution is 2.44. The van der Waals surface area contributed by atoms with Gasteiger partial charge in [-0.3, -0.25) is 4.79 Å². The molecule has 7 nitrogen and oxygen atoms in total. The summed E-state index contributed by atoms with van der Waals surface area (Å²) in [7, 11) is 0. The number of hydrogen-bond donors (Lipinski definition) is 1. The smallest absolute Gasteiger partial charge is 0.341 e. The number of halogens is 1. The molecule has 1 aliphatic carbocycles. The van der Waals surface area contributed by atoms with Crippen molar-refractivity contribution in [3.63, 3.8) is 0 Å². The zero-order chi connectivity index (χ0) is 24.3. The molecule has 2 aromatic heterocycles. The summed E-state index contributed by atoms with van der Waals surface area (Å²) in [4.78, 5) is 42.9. The standard InChI is InChI=1S/C24H29ClN2O5S/c1-6-31-23(30)19-16-8-7-15(24(3,4)5)12-17(16)33-21(19)27-20(28)13(2)32-22(29)14-9-10-26-18(25)11-14/h9-11,13,15H,6-8,12H2,1-5H3,(H,27,28). The molecule has 0 aliphatic heterocycles. The highest BCUT2D eigenvalue weighted by atomic mass is 35.5. The molecule has 2 atom stereocenters. The summed E-state index contributed by atoms with van der Waals surface area (Å²) in [6.45, 7) is 10.1. The maximum Gasteiger partial charge on any atom is 0.341 e. The van der Waals surface area contributed by atoms with Crippen molar-refractivity contribution in [3.8, 4) is 0 Å². The quantitative estimate of drug-likeness (QED) is 0.434. The van der Waals surface area contributed by atoms with E-state index in [2.05, 4.69) is 31.1 Å². The van der Waals surface area contributed by atoms with Crippen LogP contribution in [-0.4, -0.2) is 35.5 Å². The van der Waals surface area contributed by atoms with Crippen molar-refractivity contribution in [2.24, 2.45) is 11.3 Å². The van der Waals surface area contributed by atoms with Gasteiger partial charge in [-0.1, -0.05) is 32.4 Å². The van der Waals surface area contributed by atoms with Crippen LogP contribution < -0.4 is 5.32 Å². The van der Waals surface area contributed by atoms with E-state index < -0.39 is 23.9 Å². The van der Waals surface area contributed by atoms with Crippen molar-refractivity contribution in [1.82, 2.24) is 4.98 Å². The number of amides is 1. The molecule has 2 aromatic rings. The molecule has 0 fully saturated rings. The fourth-order valence-corrected chi connectivity index (χ4v) is 5.35. The highest BCUT2D eigenvalue weighted by Gasteiger charge is 2.35. The SMILES string of the molecule is CCOC(=O)c1c(NC(=O)C(C)OC(=O)c2ccnc(Cl)c2)sc2c1CCC(C(C)(C)C)C2. The van der Waals surface area contributed by atoms with E-state index in [1.165, 1.54) is 36.6 Å². The predicted octanol–water partition coefficient (Wildman–Crippen LogP) is 5.31. The van der Waals surface area contributed by atoms with Crippen LogP contribution >= 0.6 is 22.9 Å². The Morgan fingerprint density at radius 1 is 1.30 bits per heavy atom. The van der Waals surface area contributed by atoms with Crippen LogP contribution in [0.15, 0.2) is 18.3 Å². The molecule has 1 N–H and O–H groups in total. The number of fused-ring (bicyclic) bond motifs is 1. The Kier molecular flexibility index (Phi) is 7.80. The van der Waals surface area contributed by atoms with Crippen LogP contribution in [0.5, 0.6) is 0 Å². The van der Waals surface area contributed by atoms with Gasteiger partial charge >= 0.3 is 11.9 Å². The molecule has 1 aliphatic rings. The number of nitrogens with one attached hydrogen (secondary N) is 1. The van der Waals surface area contributed by atoms with Gasteiger partial charge in [-0.15, -0.1) is 11.3 Å². The Bertz CT molecular complexity index is 1060. The molecule has 0 saturated heterocycles. The maximum atomic E-state index is 12.8. The summed E-state index contributed by atoms with van der Waals surface area (Å²) in [5.74, 6) is -1.18. The second kappa shape index (κ2) is 10.2. The topological polar surface area (TPSA) is 94.6 Å². The molecule has 9 heteroatoms. The van der Waals surface area contributed by atoms with Gasteiger partial charge in [0.25, 0.3) is 5.91 Å². The van der Waals surface area contributed by atoms with Crippen molar-refractivity contribution in [2.45, 2.75) is 60.0 Å². The molecular weight excluding hydrogens is 464 g/mol. The normalized spacial score (nSPS) is 16.5. The van der Waals surface area contributed by atoms with E-state index in [1.54, 1.807) is 6.92 Å². The van der Waals surface area contributed by atoms with Gasteiger partial charge in [0.1, 0.15) is 10.2 Å². The van der Waals surface area contributed by atoms with Gasteiger partial charge < -0.3 is 14.8 Å². The van der Waals surface area contributed by atoms with Gasteiger partial charge in [-0.25, -0.2) is 14.6 Å². The van der Waals surface area contributed by atoms with E-state index in [4.69, 9.17) is 21.1 Å². The second-order valence-corrected chi connectivity index (χ2v) is 10.6. The lowest BCUT2D eigenvalue weighted by atomic mass is 9.72. The molecule has 2 unspecified atom stereocenters. The minimum atomic E-state index is -1.08. The van der Waals surface area contributed by atoms with Gasteiger partial charge in [0, 0.05) is 11.1 Å². The van der Waals surface area contributed by atoms with Crippen molar-refractivity contribution >= 4 is 45.8 Å². The van der Waals surface area contributed by atoms with Crippen LogP contribution in [0, 0.1) is 11.3 Å². The Morgan fingerprint density at radius 3 is 2.67 bits per heavy atom. The Balaban J connectivity index is 1.80. The Morgan fingerprint density at radius 2 is 2.03 bits per heavy atom. The molecular formula is C24H29ClN2O5S. The lowest BCUT2D eigenvalue weighted by Crippen LogP contribution is -2.30. The molecule has 0 aromatic carbocycles. The number of hydrogen-bond acceptors (Lipinski definition) is 7. The first kappa shape index (κ1) is 25.2. The minimum absolute atomic E-state index is 0.147. The van der Waals surface area contributed by atoms with Crippen molar-refractivity contribution in [2.75, 3.05) is 11.9 Å².